The van der Waals surface area contributed by atoms with E-state index in [0.29, 0.717) is 6.07 Å². The molecule has 3 N–H and O–H groups in total. The number of halogens is 6. The van der Waals surface area contributed by atoms with Crippen molar-refractivity contribution in [3.63, 3.8) is 0 Å². The minimum atomic E-state index is -3.04. The minimum Gasteiger partial charge on any atom is -0.462 e. The van der Waals surface area contributed by atoms with Crippen LogP contribution in [-0.2, 0) is 10.3 Å². The van der Waals surface area contributed by atoms with Crippen molar-refractivity contribution in [1.29, 1.82) is 0 Å². The lowest BCUT2D eigenvalue weighted by atomic mass is 9.76. The number of aliphatic imine (C=N–C) groups is 1. The van der Waals surface area contributed by atoms with Crippen LogP contribution in [0.25, 0.3) is 0 Å². The molecule has 2 heterocycles. The minimum absolute atomic E-state index is 0.161. The molecule has 1 aliphatic rings. The van der Waals surface area contributed by atoms with E-state index in [4.69, 9.17) is 22.1 Å². The summed E-state index contributed by atoms with van der Waals surface area (Å²) in [7, 11) is 0. The summed E-state index contributed by atoms with van der Waals surface area (Å²) in [5, 5.41) is 5.17. The molecule has 1 amide bonds. The molecule has 1 aromatic heterocycles. The van der Waals surface area contributed by atoms with E-state index in [1.807, 2.05) is 0 Å². The lowest BCUT2D eigenvalue weighted by Crippen LogP contribution is -2.48. The molecule has 0 fully saturated rings. The van der Waals surface area contributed by atoms with Crippen LogP contribution in [0.15, 0.2) is 23.3 Å². The summed E-state index contributed by atoms with van der Waals surface area (Å²) in [6.07, 6.45) is 0.0597. The van der Waals surface area contributed by atoms with E-state index >= 15 is 0 Å². The Morgan fingerprint density at radius 1 is 1.39 bits per heavy atom. The highest BCUT2D eigenvalue weighted by Gasteiger charge is 2.47. The van der Waals surface area contributed by atoms with Crippen molar-refractivity contribution in [1.82, 2.24) is 9.78 Å². The highest BCUT2D eigenvalue weighted by atomic mass is 35.5. The summed E-state index contributed by atoms with van der Waals surface area (Å²) < 4.78 is 74.2. The molecule has 2 aromatic rings. The van der Waals surface area contributed by atoms with Gasteiger partial charge in [0.1, 0.15) is 18.3 Å². The number of hydrogen-bond acceptors (Lipinski definition) is 5. The number of amidine groups is 1. The van der Waals surface area contributed by atoms with Gasteiger partial charge in [0.25, 0.3) is 11.9 Å². The highest BCUT2D eigenvalue weighted by molar-refractivity contribution is 6.34. The number of ether oxygens (including phenoxy) is 1. The standard InChI is InChI=1S/C18H17ClF5N5O2/c1-7-8(2)31-17(25)27-18(7,6-20)10-3-9(4-12(21)13(10)22)26-15(30)14-11(19)5-29(28-14)16(23)24/h3-5,7-8,16H,6H2,1-2H3,(H2,25,27)(H,26,30)/t7-,8?,18-/m1/s1. The fourth-order valence-electron chi connectivity index (χ4n) is 3.32. The second-order valence-electron chi connectivity index (χ2n) is 6.98. The van der Waals surface area contributed by atoms with E-state index in [1.165, 1.54) is 6.92 Å². The van der Waals surface area contributed by atoms with Crippen LogP contribution in [0.2, 0.25) is 5.02 Å². The maximum Gasteiger partial charge on any atom is 0.333 e. The zero-order chi connectivity index (χ0) is 23.1. The Kier molecular flexibility index (Phi) is 6.12. The number of aromatic nitrogens is 2. The first kappa shape index (κ1) is 22.8. The Hall–Kier alpha value is -2.89. The van der Waals surface area contributed by atoms with Crippen LogP contribution < -0.4 is 11.1 Å². The van der Waals surface area contributed by atoms with Crippen LogP contribution in [0, 0.1) is 17.6 Å². The highest BCUT2D eigenvalue weighted by Crippen LogP contribution is 2.42. The molecule has 13 heteroatoms. The summed E-state index contributed by atoms with van der Waals surface area (Å²) in [4.78, 5) is 16.3. The van der Waals surface area contributed by atoms with Gasteiger partial charge in [0.05, 0.1) is 11.2 Å². The molecule has 31 heavy (non-hydrogen) atoms. The average Bonchev–Trinajstić information content (AvgIpc) is 3.09. The smallest absolute Gasteiger partial charge is 0.333 e. The van der Waals surface area contributed by atoms with E-state index in [0.717, 1.165) is 12.3 Å². The van der Waals surface area contributed by atoms with Gasteiger partial charge in [-0.3, -0.25) is 4.79 Å². The average molecular weight is 466 g/mol. The molecule has 1 aromatic carbocycles. The van der Waals surface area contributed by atoms with Crippen LogP contribution in [0.5, 0.6) is 0 Å². The Morgan fingerprint density at radius 2 is 2.06 bits per heavy atom. The van der Waals surface area contributed by atoms with Gasteiger partial charge in [-0.05, 0) is 13.0 Å². The number of rotatable bonds is 5. The van der Waals surface area contributed by atoms with Gasteiger partial charge in [0.15, 0.2) is 17.3 Å². The fraction of sp³-hybridized carbons (Fsp3) is 0.389. The molecule has 7 nitrogen and oxygen atoms in total. The molecule has 3 atom stereocenters. The van der Waals surface area contributed by atoms with Crippen molar-refractivity contribution >= 4 is 29.2 Å². The van der Waals surface area contributed by atoms with Gasteiger partial charge in [0, 0.05) is 23.2 Å². The van der Waals surface area contributed by atoms with Gasteiger partial charge in [0.2, 0.25) is 0 Å². The lowest BCUT2D eigenvalue weighted by Gasteiger charge is -2.40. The Labute approximate surface area is 178 Å². The third-order valence-corrected chi connectivity index (χ3v) is 5.41. The van der Waals surface area contributed by atoms with Crippen LogP contribution in [-0.4, -0.2) is 34.5 Å². The normalized spacial score (nSPS) is 23.5. The number of nitrogens with two attached hydrogens (primary N) is 1. The number of carbonyl (C=O) groups excluding carboxylic acids is 1. The quantitative estimate of drug-likeness (QED) is 0.653. The Bertz CT molecular complexity index is 1050. The molecule has 0 saturated heterocycles. The summed E-state index contributed by atoms with van der Waals surface area (Å²) >= 11 is 5.75. The molecule has 1 unspecified atom stereocenters. The first-order valence-electron chi connectivity index (χ1n) is 8.91. The number of nitrogens with one attached hydrogen (secondary N) is 1. The number of hydrogen-bond donors (Lipinski definition) is 2. The molecular formula is C18H17ClF5N5O2. The lowest BCUT2D eigenvalue weighted by molar-refractivity contribution is 0.0490. The number of nitrogens with zero attached hydrogens (tertiary/aromatic N) is 3. The van der Waals surface area contributed by atoms with E-state index in [9.17, 15) is 26.7 Å². The van der Waals surface area contributed by atoms with Crippen molar-refractivity contribution in [2.45, 2.75) is 32.0 Å². The van der Waals surface area contributed by atoms with Gasteiger partial charge in [-0.25, -0.2) is 22.8 Å². The van der Waals surface area contributed by atoms with Gasteiger partial charge < -0.3 is 15.8 Å². The topological polar surface area (TPSA) is 94.5 Å². The molecule has 1 aliphatic heterocycles. The second kappa shape index (κ2) is 8.33. The van der Waals surface area contributed by atoms with Crippen molar-refractivity contribution in [2.75, 3.05) is 12.0 Å². The molecule has 0 bridgehead atoms. The number of anilines is 1. The molecule has 0 aliphatic carbocycles. The van der Waals surface area contributed by atoms with Gasteiger partial charge >= 0.3 is 6.55 Å². The third kappa shape index (κ3) is 4.03. The fourth-order valence-corrected chi connectivity index (χ4v) is 3.55. The first-order valence-corrected chi connectivity index (χ1v) is 9.29. The maximum absolute atomic E-state index is 14.7. The SMILES string of the molecule is CC1OC(N)=N[C@@](CF)(c2cc(NC(=O)c3nn(C(F)F)cc3Cl)cc(F)c2F)[C@@H]1C. The molecule has 168 valence electrons. The van der Waals surface area contributed by atoms with E-state index < -0.39 is 65.6 Å². The maximum atomic E-state index is 14.7. The van der Waals surface area contributed by atoms with Gasteiger partial charge in [-0.15, -0.1) is 0 Å². The number of amides is 1. The zero-order valence-corrected chi connectivity index (χ0v) is 16.9. The van der Waals surface area contributed by atoms with Crippen LogP contribution in [0.4, 0.5) is 27.6 Å². The Morgan fingerprint density at radius 3 is 2.65 bits per heavy atom. The van der Waals surface area contributed by atoms with E-state index in [1.54, 1.807) is 6.92 Å². The van der Waals surface area contributed by atoms with Crippen molar-refractivity contribution < 1.29 is 31.5 Å². The summed E-state index contributed by atoms with van der Waals surface area (Å²) in [6, 6.07) is 1.22. The number of alkyl halides is 3. The summed E-state index contributed by atoms with van der Waals surface area (Å²) in [5.74, 6) is -4.61. The molecular weight excluding hydrogens is 449 g/mol. The van der Waals surface area contributed by atoms with E-state index in [-0.39, 0.29) is 15.4 Å². The van der Waals surface area contributed by atoms with Crippen molar-refractivity contribution in [3.8, 4) is 0 Å². The zero-order valence-electron chi connectivity index (χ0n) is 16.2. The first-order chi connectivity index (χ1) is 14.5. The molecule has 0 radical (unpaired) electrons. The van der Waals surface area contributed by atoms with Crippen molar-refractivity contribution in [3.05, 3.63) is 46.2 Å². The van der Waals surface area contributed by atoms with Gasteiger partial charge in [-0.2, -0.15) is 13.9 Å². The molecule has 3 rings (SSSR count). The number of carbonyl (C=O) groups is 1. The third-order valence-electron chi connectivity index (χ3n) is 5.13. The molecule has 0 spiro atoms. The van der Waals surface area contributed by atoms with Crippen LogP contribution in [0.3, 0.4) is 0 Å². The monoisotopic (exact) mass is 465 g/mol. The van der Waals surface area contributed by atoms with Gasteiger partial charge in [-0.1, -0.05) is 18.5 Å². The largest absolute Gasteiger partial charge is 0.462 e. The Balaban J connectivity index is 2.04. The molecule has 0 saturated carbocycles. The summed E-state index contributed by atoms with van der Waals surface area (Å²) in [5.41, 5.74) is 2.31. The number of benzene rings is 1. The predicted octanol–water partition coefficient (Wildman–Crippen LogP) is 4.00. The summed E-state index contributed by atoms with van der Waals surface area (Å²) in [6.45, 7) is -1.18. The van der Waals surface area contributed by atoms with E-state index in [2.05, 4.69) is 15.4 Å². The predicted molar refractivity (Wildman–Crippen MR) is 102 cm³/mol. The van der Waals surface area contributed by atoms with Crippen LogP contribution in [0.1, 0.15) is 36.4 Å². The second-order valence-corrected chi connectivity index (χ2v) is 7.38. The van der Waals surface area contributed by atoms with Crippen LogP contribution >= 0.6 is 11.6 Å². The van der Waals surface area contributed by atoms with Crippen molar-refractivity contribution in [2.24, 2.45) is 16.6 Å².